The number of rotatable bonds is 7. The molecule has 0 bridgehead atoms. The van der Waals surface area contributed by atoms with E-state index in [4.69, 9.17) is 4.74 Å². The summed E-state index contributed by atoms with van der Waals surface area (Å²) in [6.07, 6.45) is -1.62. The number of hydrogen-bond acceptors (Lipinski definition) is 6. The molecule has 3 aromatic carbocycles. The number of benzene rings is 3. The van der Waals surface area contributed by atoms with Crippen LogP contribution < -0.4 is 15.0 Å². The number of pyridine rings is 1. The molecule has 0 radical (unpaired) electrons. The Morgan fingerprint density at radius 3 is 2.50 bits per heavy atom. The summed E-state index contributed by atoms with van der Waals surface area (Å²) in [5, 5.41) is 3.97. The third-order valence-corrected chi connectivity index (χ3v) is 7.13. The number of halogens is 3. The van der Waals surface area contributed by atoms with E-state index in [9.17, 15) is 26.4 Å². The van der Waals surface area contributed by atoms with Crippen molar-refractivity contribution < 1.29 is 30.8 Å². The van der Waals surface area contributed by atoms with Crippen LogP contribution in [0, 0.1) is 5.82 Å². The number of sulfonamides is 1. The Balaban J connectivity index is 1.60. The molecule has 1 N–H and O–H groups in total. The van der Waals surface area contributed by atoms with Crippen LogP contribution in [0.1, 0.15) is 12.0 Å². The fourth-order valence-corrected chi connectivity index (χ4v) is 5.08. The molecule has 0 fully saturated rings. The van der Waals surface area contributed by atoms with Gasteiger partial charge in [0.2, 0.25) is 0 Å². The normalized spacial score (nSPS) is 11.7. The van der Waals surface area contributed by atoms with Gasteiger partial charge in [-0.25, -0.2) is 21.6 Å². The number of fused-ring (bicyclic) bond motifs is 1. The van der Waals surface area contributed by atoms with Crippen LogP contribution in [0.2, 0.25) is 0 Å². The predicted octanol–water partition coefficient (Wildman–Crippen LogP) is 5.53. The molecule has 0 atom stereocenters. The van der Waals surface area contributed by atoms with Crippen LogP contribution in [0.15, 0.2) is 93.3 Å². The van der Waals surface area contributed by atoms with Crippen molar-refractivity contribution in [3.05, 3.63) is 101 Å². The van der Waals surface area contributed by atoms with Crippen molar-refractivity contribution >= 4 is 26.7 Å². The SMILES string of the molecule is COc1cc(-c2cc(F)cc(C(F)F)c2)ccc1-n1c(=O)ccc2cc(S(=O)(=O)Nc3ccon3)ccc21. The van der Waals surface area contributed by atoms with E-state index in [0.717, 1.165) is 12.1 Å². The van der Waals surface area contributed by atoms with Gasteiger partial charge in [-0.3, -0.25) is 14.1 Å². The molecule has 0 aliphatic carbocycles. The Labute approximate surface area is 213 Å². The van der Waals surface area contributed by atoms with Crippen LogP contribution >= 0.6 is 0 Å². The van der Waals surface area contributed by atoms with Gasteiger partial charge in [0.25, 0.3) is 22.0 Å². The van der Waals surface area contributed by atoms with Gasteiger partial charge in [-0.15, -0.1) is 0 Å². The number of methoxy groups -OCH3 is 1. The van der Waals surface area contributed by atoms with Gasteiger partial charge in [-0.05, 0) is 65.7 Å². The predicted molar refractivity (Wildman–Crippen MR) is 134 cm³/mol. The highest BCUT2D eigenvalue weighted by molar-refractivity contribution is 7.92. The van der Waals surface area contributed by atoms with Crippen LogP contribution in [0.4, 0.5) is 19.0 Å². The van der Waals surface area contributed by atoms with Gasteiger partial charge in [-0.2, -0.15) is 0 Å². The minimum atomic E-state index is -3.99. The van der Waals surface area contributed by atoms with Crippen molar-refractivity contribution in [2.24, 2.45) is 0 Å². The van der Waals surface area contributed by atoms with E-state index in [1.165, 1.54) is 66.5 Å². The van der Waals surface area contributed by atoms with E-state index in [0.29, 0.717) is 22.2 Å². The van der Waals surface area contributed by atoms with Crippen molar-refractivity contribution in [2.75, 3.05) is 11.8 Å². The van der Waals surface area contributed by atoms with Crippen LogP contribution in [0.3, 0.4) is 0 Å². The van der Waals surface area contributed by atoms with Gasteiger partial charge in [0.15, 0.2) is 5.82 Å². The molecule has 0 aliphatic heterocycles. The maximum absolute atomic E-state index is 14.0. The zero-order valence-corrected chi connectivity index (χ0v) is 20.4. The third kappa shape index (κ3) is 4.73. The largest absolute Gasteiger partial charge is 0.495 e. The zero-order chi connectivity index (χ0) is 27.0. The molecule has 2 heterocycles. The minimum Gasteiger partial charge on any atom is -0.495 e. The molecule has 0 spiro atoms. The monoisotopic (exact) mass is 541 g/mol. The first kappa shape index (κ1) is 25.1. The smallest absolute Gasteiger partial charge is 0.263 e. The van der Waals surface area contributed by atoms with Gasteiger partial charge in [0.05, 0.1) is 23.2 Å². The lowest BCUT2D eigenvalue weighted by Crippen LogP contribution is -2.18. The average molecular weight is 542 g/mol. The van der Waals surface area contributed by atoms with Crippen molar-refractivity contribution in [1.82, 2.24) is 9.72 Å². The molecular formula is C26H18F3N3O5S. The molecule has 0 saturated carbocycles. The second-order valence-corrected chi connectivity index (χ2v) is 9.86. The van der Waals surface area contributed by atoms with Crippen molar-refractivity contribution in [3.63, 3.8) is 0 Å². The number of nitrogens with one attached hydrogen (secondary N) is 1. The second kappa shape index (κ2) is 9.71. The maximum Gasteiger partial charge on any atom is 0.263 e. The lowest BCUT2D eigenvalue weighted by Gasteiger charge is -2.16. The van der Waals surface area contributed by atoms with Gasteiger partial charge in [0, 0.05) is 23.1 Å². The number of nitrogens with zero attached hydrogens (tertiary/aromatic N) is 2. The van der Waals surface area contributed by atoms with Crippen molar-refractivity contribution in [2.45, 2.75) is 11.3 Å². The summed E-state index contributed by atoms with van der Waals surface area (Å²) in [7, 11) is -2.62. The summed E-state index contributed by atoms with van der Waals surface area (Å²) in [5.41, 5.74) is 0.420. The Morgan fingerprint density at radius 1 is 0.974 bits per heavy atom. The van der Waals surface area contributed by atoms with E-state index in [1.807, 2.05) is 0 Å². The highest BCUT2D eigenvalue weighted by Crippen LogP contribution is 2.33. The van der Waals surface area contributed by atoms with Crippen molar-refractivity contribution in [3.8, 4) is 22.6 Å². The summed E-state index contributed by atoms with van der Waals surface area (Å²) in [5.74, 6) is -0.585. The van der Waals surface area contributed by atoms with E-state index in [1.54, 1.807) is 12.1 Å². The Kier molecular flexibility index (Phi) is 6.41. The minimum absolute atomic E-state index is 0.0128. The molecular weight excluding hydrogens is 523 g/mol. The maximum atomic E-state index is 14.0. The number of hydrogen-bond donors (Lipinski definition) is 1. The lowest BCUT2D eigenvalue weighted by molar-refractivity contribution is 0.151. The van der Waals surface area contributed by atoms with E-state index >= 15 is 0 Å². The topological polar surface area (TPSA) is 103 Å². The summed E-state index contributed by atoms with van der Waals surface area (Å²) >= 11 is 0. The molecule has 2 aromatic heterocycles. The first-order valence-electron chi connectivity index (χ1n) is 11.0. The number of aromatic nitrogens is 2. The zero-order valence-electron chi connectivity index (χ0n) is 19.6. The Hall–Kier alpha value is -4.58. The molecule has 8 nitrogen and oxygen atoms in total. The summed E-state index contributed by atoms with van der Waals surface area (Å²) < 4.78 is 79.7. The second-order valence-electron chi connectivity index (χ2n) is 8.18. The van der Waals surface area contributed by atoms with Crippen LogP contribution in [-0.4, -0.2) is 25.3 Å². The quantitative estimate of drug-likeness (QED) is 0.291. The van der Waals surface area contributed by atoms with Gasteiger partial charge in [0.1, 0.15) is 17.8 Å². The number of anilines is 1. The van der Waals surface area contributed by atoms with E-state index in [-0.39, 0.29) is 22.0 Å². The molecule has 0 amide bonds. The number of alkyl halides is 2. The molecule has 5 rings (SSSR count). The molecule has 0 unspecified atom stereocenters. The molecule has 38 heavy (non-hydrogen) atoms. The number of ether oxygens (including phenoxy) is 1. The summed E-state index contributed by atoms with van der Waals surface area (Å²) in [6, 6.07) is 16.0. The third-order valence-electron chi connectivity index (χ3n) is 5.78. The fraction of sp³-hybridized carbons (Fsp3) is 0.0769. The standard InChI is InChI=1S/C26H18F3N3O5S/c1-36-23-14-15(17-10-18(26(28)29)12-19(27)11-17)2-5-22(23)32-21-6-4-20(13-16(21)3-7-25(32)33)38(34,35)31-24-8-9-37-30-24/h2-14,26H,1H3,(H,30,31). The molecule has 12 heteroatoms. The van der Waals surface area contributed by atoms with Gasteiger partial charge < -0.3 is 9.26 Å². The average Bonchev–Trinajstić information content (AvgIpc) is 3.40. The Morgan fingerprint density at radius 2 is 1.79 bits per heavy atom. The van der Waals surface area contributed by atoms with Crippen molar-refractivity contribution in [1.29, 1.82) is 0 Å². The summed E-state index contributed by atoms with van der Waals surface area (Å²) in [6.45, 7) is 0. The fourth-order valence-electron chi connectivity index (χ4n) is 4.05. The summed E-state index contributed by atoms with van der Waals surface area (Å²) in [4.78, 5) is 12.9. The van der Waals surface area contributed by atoms with E-state index in [2.05, 4.69) is 14.4 Å². The first-order valence-corrected chi connectivity index (χ1v) is 12.5. The van der Waals surface area contributed by atoms with Crippen LogP contribution in [0.5, 0.6) is 5.75 Å². The van der Waals surface area contributed by atoms with Crippen LogP contribution in [-0.2, 0) is 10.0 Å². The molecule has 5 aromatic rings. The lowest BCUT2D eigenvalue weighted by atomic mass is 10.0. The Bertz CT molecular complexity index is 1820. The van der Waals surface area contributed by atoms with E-state index < -0.39 is 33.4 Å². The highest BCUT2D eigenvalue weighted by Gasteiger charge is 2.19. The first-order chi connectivity index (χ1) is 18.2. The molecule has 194 valence electrons. The molecule has 0 aliphatic rings. The molecule has 0 saturated heterocycles. The van der Waals surface area contributed by atoms with Gasteiger partial charge in [-0.1, -0.05) is 11.2 Å². The van der Waals surface area contributed by atoms with Gasteiger partial charge >= 0.3 is 0 Å². The highest BCUT2D eigenvalue weighted by atomic mass is 32.2. The van der Waals surface area contributed by atoms with Crippen LogP contribution in [0.25, 0.3) is 27.7 Å².